The summed E-state index contributed by atoms with van der Waals surface area (Å²) in [6.07, 6.45) is -6.98. The van der Waals surface area contributed by atoms with Crippen LogP contribution < -0.4 is 16.2 Å². The highest BCUT2D eigenvalue weighted by molar-refractivity contribution is 7.48. The highest BCUT2D eigenvalue weighted by Crippen LogP contribution is 2.56. The van der Waals surface area contributed by atoms with Crippen LogP contribution in [0.4, 0.5) is 21.8 Å². The normalized spacial score (nSPS) is 24.1. The molecular weight excluding hydrogens is 1040 g/mol. The number of hydrogen-bond acceptors (Lipinski definition) is 19. The lowest BCUT2D eigenvalue weighted by molar-refractivity contribution is -0.0628. The van der Waals surface area contributed by atoms with Gasteiger partial charge in [0.2, 0.25) is 5.95 Å². The summed E-state index contributed by atoms with van der Waals surface area (Å²) in [4.78, 5) is 44.3. The molecule has 5 aromatic rings. The number of aliphatic hydroxyl groups is 1. The Morgan fingerprint density at radius 1 is 0.932 bits per heavy atom. The van der Waals surface area contributed by atoms with E-state index in [-0.39, 0.29) is 46.3 Å². The Labute approximate surface area is 431 Å². The number of ether oxygens (including phenoxy) is 2. The Morgan fingerprint density at radius 3 is 2.20 bits per heavy atom. The average Bonchev–Trinajstić information content (AvgIpc) is 4.07. The van der Waals surface area contributed by atoms with Crippen molar-refractivity contribution in [2.45, 2.75) is 147 Å². The van der Waals surface area contributed by atoms with Crippen LogP contribution in [0.3, 0.4) is 0 Å². The molecule has 0 spiro atoms. The first-order valence-corrected chi connectivity index (χ1v) is 32.9. The van der Waals surface area contributed by atoms with Gasteiger partial charge in [-0.05, 0) is 54.3 Å². The lowest BCUT2D eigenvalue weighted by Crippen LogP contribution is -2.50. The van der Waals surface area contributed by atoms with Crippen LogP contribution in [0, 0.1) is 23.1 Å². The lowest BCUT2D eigenvalue weighted by atomic mass is 10.1. The molecule has 0 saturated carbocycles. The summed E-state index contributed by atoms with van der Waals surface area (Å²) in [6, 6.07) is 11.0. The molecule has 1 aromatic carbocycles. The number of nitrogens with zero attached hydrogens (tertiary/aromatic N) is 7. The molecule has 7 rings (SSSR count). The van der Waals surface area contributed by atoms with E-state index >= 15 is 8.96 Å². The van der Waals surface area contributed by atoms with Crippen LogP contribution in [0.15, 0.2) is 54.0 Å². The number of aliphatic hydroxyl groups excluding tert-OH is 1. The van der Waals surface area contributed by atoms with Crippen LogP contribution in [0.2, 0.25) is 36.3 Å². The molecule has 6 heterocycles. The van der Waals surface area contributed by atoms with E-state index in [2.05, 4.69) is 35.6 Å². The van der Waals surface area contributed by atoms with Crippen LogP contribution in [0.5, 0.6) is 0 Å². The smallest absolute Gasteiger partial charge is 0.408 e. The van der Waals surface area contributed by atoms with Crippen molar-refractivity contribution in [2.75, 3.05) is 37.0 Å². The number of imidazole rings is 1. The molecular formula is C46H69FN10O13P2Si2. The Kier molecular flexibility index (Phi) is 17.6. The number of para-hydroxylation sites is 1. The minimum absolute atomic E-state index is 0.0141. The van der Waals surface area contributed by atoms with Gasteiger partial charge >= 0.3 is 16.1 Å². The fourth-order valence-corrected chi connectivity index (χ4v) is 12.4. The molecule has 2 aliphatic heterocycles. The SMILES string of the molecule is CC(C)CNc1nc2c(ncn2[C@@H]2O[C@H](CO)[C@@H](O[Si](C)(C)C(C)(C)C)[C@H]2OP(=O)(OCCC#N)OC[C@H]2O[C@@H](n3cc(F)c4c(Nc5ccccc5)ncnc43)[C@H](O[Si](C)(C)C(C)(C)C)[C@@H]2O[PH](=O)O)c(=O)[nH]1. The second-order valence-corrected chi connectivity index (χ2v) is 33.6. The second-order valence-electron chi connectivity index (χ2n) is 21.7. The summed E-state index contributed by atoms with van der Waals surface area (Å²) >= 11 is 0. The number of aromatic nitrogens is 7. The molecule has 2 fully saturated rings. The number of benzene rings is 1. The predicted octanol–water partition coefficient (Wildman–Crippen LogP) is 8.29. The van der Waals surface area contributed by atoms with Gasteiger partial charge in [-0.1, -0.05) is 73.6 Å². The number of phosphoric ester groups is 1. The Balaban J connectivity index is 1.30. The third kappa shape index (κ3) is 12.6. The molecule has 23 nitrogen and oxygen atoms in total. The molecule has 10 atom stereocenters. The zero-order valence-corrected chi connectivity index (χ0v) is 47.6. The van der Waals surface area contributed by atoms with Gasteiger partial charge < -0.3 is 48.1 Å². The summed E-state index contributed by atoms with van der Waals surface area (Å²) in [7, 11) is -14.4. The Bertz CT molecular complexity index is 2930. The van der Waals surface area contributed by atoms with E-state index in [1.165, 1.54) is 21.8 Å². The summed E-state index contributed by atoms with van der Waals surface area (Å²) in [5, 5.41) is 25.9. The quantitative estimate of drug-likeness (QED) is 0.0247. The molecule has 0 amide bonds. The van der Waals surface area contributed by atoms with Gasteiger partial charge in [-0.3, -0.25) is 32.5 Å². The van der Waals surface area contributed by atoms with E-state index in [4.69, 9.17) is 36.4 Å². The van der Waals surface area contributed by atoms with Crippen molar-refractivity contribution in [2.24, 2.45) is 5.92 Å². The summed E-state index contributed by atoms with van der Waals surface area (Å²) < 4.78 is 98.9. The molecule has 0 radical (unpaired) electrons. The second kappa shape index (κ2) is 22.7. The van der Waals surface area contributed by atoms with Crippen molar-refractivity contribution in [1.82, 2.24) is 34.1 Å². The molecule has 2 unspecified atom stereocenters. The van der Waals surface area contributed by atoms with E-state index in [1.54, 1.807) is 12.1 Å². The van der Waals surface area contributed by atoms with E-state index in [9.17, 15) is 24.6 Å². The number of aromatic amines is 1. The number of fused-ring (bicyclic) bond motifs is 2. The van der Waals surface area contributed by atoms with E-state index in [0.29, 0.717) is 12.2 Å². The van der Waals surface area contributed by atoms with Gasteiger partial charge in [0.05, 0.1) is 44.0 Å². The summed E-state index contributed by atoms with van der Waals surface area (Å²) in [5.74, 6) is -0.225. The van der Waals surface area contributed by atoms with Gasteiger partial charge in [0.1, 0.15) is 48.8 Å². The molecule has 74 heavy (non-hydrogen) atoms. The van der Waals surface area contributed by atoms with Crippen LogP contribution in [0.1, 0.15) is 74.3 Å². The first kappa shape index (κ1) is 57.4. The zero-order valence-electron chi connectivity index (χ0n) is 43.7. The zero-order chi connectivity index (χ0) is 54.1. The summed E-state index contributed by atoms with van der Waals surface area (Å²) in [6.45, 7) is 22.5. The fraction of sp³-hybridized carbons (Fsp3) is 0.609. The van der Waals surface area contributed by atoms with Crippen molar-refractivity contribution in [3.05, 3.63) is 65.4 Å². The third-order valence-corrected chi connectivity index (χ3v) is 24.7. The molecule has 2 saturated heterocycles. The maximum absolute atomic E-state index is 16.4. The predicted molar refractivity (Wildman–Crippen MR) is 278 cm³/mol. The summed E-state index contributed by atoms with van der Waals surface area (Å²) in [5.41, 5.74) is 0.165. The highest BCUT2D eigenvalue weighted by Gasteiger charge is 2.56. The maximum Gasteiger partial charge on any atom is 0.475 e. The van der Waals surface area contributed by atoms with Crippen LogP contribution in [0.25, 0.3) is 22.2 Å². The van der Waals surface area contributed by atoms with Gasteiger partial charge in [-0.2, -0.15) is 10.2 Å². The van der Waals surface area contributed by atoms with Gasteiger partial charge in [0.25, 0.3) is 5.56 Å². The number of hydrogen-bond donors (Lipinski definition) is 5. The van der Waals surface area contributed by atoms with Crippen molar-refractivity contribution >= 4 is 72.4 Å². The minimum atomic E-state index is -4.99. The number of phosphoric acid groups is 1. The first-order valence-electron chi connectivity index (χ1n) is 24.3. The van der Waals surface area contributed by atoms with Crippen LogP contribution in [-0.2, 0) is 45.6 Å². The molecule has 0 bridgehead atoms. The Morgan fingerprint density at radius 2 is 1.58 bits per heavy atom. The fourth-order valence-electron chi connectivity index (χ4n) is 7.92. The first-order chi connectivity index (χ1) is 34.7. The molecule has 28 heteroatoms. The largest absolute Gasteiger partial charge is 0.475 e. The standard InChI is InChI=1S/C46H69FN10O13P2Si2/c1-27(2)21-49-44-54-40-33(41(59)55-44)52-26-57(40)42-36(35(30(23-58)65-42)69-73(9,10)45(3,4)5)68-72(62,63-20-16-19-48)64-24-31-34(67-71(60)61)37(70-74(11,12)46(6,7)8)43(66-31)56-22-29(47)32-38(50-25-51-39(32)56)53-28-17-14-13-15-18-28/h13-15,17-18,22,25-27,30-31,34-37,42-43,58,71H,16,20-21,23-24H2,1-12H3,(H,60,61)(H,50,51,53)(H2,49,54,55,59)/t30-,31-,34-,35-,36-,37-,42-,43-,72?/m1/s1. The average molecular weight is 1110 g/mol. The monoisotopic (exact) mass is 1110 g/mol. The Hall–Kier alpha value is -4.30. The van der Waals surface area contributed by atoms with Crippen molar-refractivity contribution in [3.63, 3.8) is 0 Å². The highest BCUT2D eigenvalue weighted by atomic mass is 31.2. The van der Waals surface area contributed by atoms with Gasteiger partial charge in [-0.25, -0.2) is 23.9 Å². The lowest BCUT2D eigenvalue weighted by Gasteiger charge is -2.40. The molecule has 2 aliphatic rings. The van der Waals surface area contributed by atoms with E-state index in [1.807, 2.05) is 106 Å². The molecule has 406 valence electrons. The number of nitriles is 1. The minimum Gasteiger partial charge on any atom is -0.408 e. The van der Waals surface area contributed by atoms with Crippen LogP contribution >= 0.6 is 16.1 Å². The van der Waals surface area contributed by atoms with E-state index < -0.39 is 123 Å². The topological polar surface area (TPSA) is 291 Å². The number of anilines is 3. The molecule has 5 N–H and O–H groups in total. The number of rotatable bonds is 22. The van der Waals surface area contributed by atoms with Gasteiger partial charge in [0, 0.05) is 18.4 Å². The number of H-pyrrole nitrogens is 1. The molecule has 4 aromatic heterocycles. The van der Waals surface area contributed by atoms with Crippen molar-refractivity contribution in [1.29, 1.82) is 5.26 Å². The van der Waals surface area contributed by atoms with Crippen LogP contribution in [-0.4, -0.2) is 124 Å². The van der Waals surface area contributed by atoms with Crippen molar-refractivity contribution < 1.29 is 59.9 Å². The molecule has 0 aliphatic carbocycles. The number of halogens is 1. The third-order valence-electron chi connectivity index (χ3n) is 13.8. The van der Waals surface area contributed by atoms with Crippen molar-refractivity contribution in [3.8, 4) is 6.07 Å². The van der Waals surface area contributed by atoms with E-state index in [0.717, 1.165) is 6.20 Å². The maximum atomic E-state index is 16.4. The number of nitrogens with one attached hydrogen (secondary N) is 3. The van der Waals surface area contributed by atoms with Gasteiger partial charge in [0.15, 0.2) is 51.7 Å². The van der Waals surface area contributed by atoms with Gasteiger partial charge in [-0.15, -0.1) is 0 Å².